The van der Waals surface area contributed by atoms with E-state index in [9.17, 15) is 0 Å². The van der Waals surface area contributed by atoms with Crippen LogP contribution in [0.25, 0.3) is 0 Å². The van der Waals surface area contributed by atoms with Crippen LogP contribution < -0.4 is 0 Å². The van der Waals surface area contributed by atoms with E-state index in [0.29, 0.717) is 11.4 Å². The van der Waals surface area contributed by atoms with Crippen molar-refractivity contribution in [2.45, 2.75) is 31.1 Å². The fraction of sp³-hybridized carbons (Fsp3) is 0.500. The first-order valence-corrected chi connectivity index (χ1v) is 7.08. The maximum absolute atomic E-state index is 8.74. The summed E-state index contributed by atoms with van der Waals surface area (Å²) in [6.07, 6.45) is 2.85. The molecule has 2 nitrogen and oxygen atoms in total. The van der Waals surface area contributed by atoms with Crippen LogP contribution in [0.3, 0.4) is 0 Å². The topological polar surface area (TPSA) is 33.0 Å². The molecule has 0 saturated carbocycles. The van der Waals surface area contributed by atoms with E-state index in [1.807, 2.05) is 36.0 Å². The average molecular weight is 247 g/mol. The molecule has 0 unspecified atom stereocenters. The number of benzene rings is 1. The molecule has 0 aromatic heterocycles. The predicted octanol–water partition coefficient (Wildman–Crippen LogP) is 3.53. The minimum atomic E-state index is 0.445. The summed E-state index contributed by atoms with van der Waals surface area (Å²) in [5.74, 6) is 1.07. The normalized spacial score (nSPS) is 21.1. The standard InChI is InChI=1S/C14H17NOS/c1-11(17-10-14-3-2-8-16-14)13-6-4-12(9-15)5-7-13/h4-7,11,14H,2-3,8,10H2,1H3/t11-,14+/m0/s1. The lowest BCUT2D eigenvalue weighted by atomic mass is 10.1. The molecule has 1 aromatic carbocycles. The smallest absolute Gasteiger partial charge is 0.0991 e. The molecular weight excluding hydrogens is 230 g/mol. The molecule has 90 valence electrons. The van der Waals surface area contributed by atoms with E-state index in [4.69, 9.17) is 10.00 Å². The van der Waals surface area contributed by atoms with E-state index in [0.717, 1.165) is 17.9 Å². The lowest BCUT2D eigenvalue weighted by Gasteiger charge is -2.14. The van der Waals surface area contributed by atoms with Crippen molar-refractivity contribution in [3.8, 4) is 6.07 Å². The molecule has 0 amide bonds. The van der Waals surface area contributed by atoms with Gasteiger partial charge in [0.1, 0.15) is 0 Å². The van der Waals surface area contributed by atoms with Crippen LogP contribution in [0.1, 0.15) is 36.1 Å². The quantitative estimate of drug-likeness (QED) is 0.816. The summed E-state index contributed by atoms with van der Waals surface area (Å²) in [4.78, 5) is 0. The Hall–Kier alpha value is -0.980. The van der Waals surface area contributed by atoms with E-state index in [-0.39, 0.29) is 0 Å². The lowest BCUT2D eigenvalue weighted by molar-refractivity contribution is 0.129. The van der Waals surface area contributed by atoms with E-state index in [1.165, 1.54) is 18.4 Å². The molecule has 0 N–H and O–H groups in total. The highest BCUT2D eigenvalue weighted by molar-refractivity contribution is 7.99. The van der Waals surface area contributed by atoms with Gasteiger partial charge in [-0.05, 0) is 37.5 Å². The highest BCUT2D eigenvalue weighted by atomic mass is 32.2. The molecule has 0 radical (unpaired) electrons. The maximum atomic E-state index is 8.74. The fourth-order valence-corrected chi connectivity index (χ4v) is 3.07. The number of nitrogens with zero attached hydrogens (tertiary/aromatic N) is 1. The Labute approximate surface area is 107 Å². The van der Waals surface area contributed by atoms with E-state index < -0.39 is 0 Å². The summed E-state index contributed by atoms with van der Waals surface area (Å²) in [6.45, 7) is 3.14. The summed E-state index contributed by atoms with van der Waals surface area (Å²) in [5.41, 5.74) is 2.01. The SMILES string of the molecule is C[C@H](SC[C@H]1CCCO1)c1ccc(C#N)cc1. The molecule has 1 aliphatic heterocycles. The third-order valence-electron chi connectivity index (χ3n) is 3.07. The van der Waals surface area contributed by atoms with Crippen LogP contribution in [0.2, 0.25) is 0 Å². The highest BCUT2D eigenvalue weighted by Gasteiger charge is 2.17. The minimum absolute atomic E-state index is 0.445. The van der Waals surface area contributed by atoms with Crippen molar-refractivity contribution in [3.63, 3.8) is 0 Å². The summed E-state index contributed by atoms with van der Waals surface area (Å²) >= 11 is 1.93. The molecule has 1 heterocycles. The summed E-state index contributed by atoms with van der Waals surface area (Å²) in [5, 5.41) is 9.21. The van der Waals surface area contributed by atoms with Crippen LogP contribution in [0.15, 0.2) is 24.3 Å². The number of hydrogen-bond donors (Lipinski definition) is 0. The van der Waals surface area contributed by atoms with Gasteiger partial charge >= 0.3 is 0 Å². The zero-order valence-corrected chi connectivity index (χ0v) is 10.9. The van der Waals surface area contributed by atoms with Gasteiger partial charge in [0.05, 0.1) is 17.7 Å². The second-order valence-corrected chi connectivity index (χ2v) is 5.72. The van der Waals surface area contributed by atoms with Gasteiger partial charge in [-0.25, -0.2) is 0 Å². The molecule has 2 atom stereocenters. The van der Waals surface area contributed by atoms with Crippen molar-refractivity contribution in [2.24, 2.45) is 0 Å². The van der Waals surface area contributed by atoms with Crippen molar-refractivity contribution in [2.75, 3.05) is 12.4 Å². The van der Waals surface area contributed by atoms with Crippen molar-refractivity contribution in [1.29, 1.82) is 5.26 Å². The molecule has 3 heteroatoms. The van der Waals surface area contributed by atoms with Crippen LogP contribution in [0.4, 0.5) is 0 Å². The van der Waals surface area contributed by atoms with Crippen LogP contribution in [0, 0.1) is 11.3 Å². The van der Waals surface area contributed by atoms with Gasteiger partial charge in [0.2, 0.25) is 0 Å². The van der Waals surface area contributed by atoms with Gasteiger partial charge in [0, 0.05) is 17.6 Å². The highest BCUT2D eigenvalue weighted by Crippen LogP contribution is 2.30. The third kappa shape index (κ3) is 3.49. The Morgan fingerprint density at radius 3 is 2.82 bits per heavy atom. The molecular formula is C14H17NOS. The molecule has 1 fully saturated rings. The molecule has 1 saturated heterocycles. The van der Waals surface area contributed by atoms with Gasteiger partial charge in [-0.15, -0.1) is 0 Å². The number of rotatable bonds is 4. The first-order chi connectivity index (χ1) is 8.29. The third-order valence-corrected chi connectivity index (χ3v) is 4.40. The van der Waals surface area contributed by atoms with Crippen LogP contribution in [-0.4, -0.2) is 18.5 Å². The van der Waals surface area contributed by atoms with Crippen molar-refractivity contribution in [1.82, 2.24) is 0 Å². The summed E-state index contributed by atoms with van der Waals surface area (Å²) < 4.78 is 5.61. The van der Waals surface area contributed by atoms with Crippen molar-refractivity contribution >= 4 is 11.8 Å². The summed E-state index contributed by atoms with van der Waals surface area (Å²) in [7, 11) is 0. The largest absolute Gasteiger partial charge is 0.377 e. The first-order valence-electron chi connectivity index (χ1n) is 6.03. The van der Waals surface area contributed by atoms with Crippen LogP contribution in [-0.2, 0) is 4.74 Å². The minimum Gasteiger partial charge on any atom is -0.377 e. The van der Waals surface area contributed by atoms with Crippen LogP contribution >= 0.6 is 11.8 Å². The Morgan fingerprint density at radius 2 is 2.24 bits per heavy atom. The van der Waals surface area contributed by atoms with Gasteiger partial charge in [-0.1, -0.05) is 12.1 Å². The Morgan fingerprint density at radius 1 is 1.47 bits per heavy atom. The molecule has 2 rings (SSSR count). The average Bonchev–Trinajstić information content (AvgIpc) is 2.89. The Kier molecular flexibility index (Phi) is 4.47. The Bertz CT molecular complexity index is 390. The van der Waals surface area contributed by atoms with Gasteiger partial charge in [-0.3, -0.25) is 0 Å². The molecule has 1 aromatic rings. The van der Waals surface area contributed by atoms with Gasteiger partial charge < -0.3 is 4.74 Å². The van der Waals surface area contributed by atoms with E-state index in [2.05, 4.69) is 13.0 Å². The second-order valence-electron chi connectivity index (χ2n) is 4.34. The number of ether oxygens (including phenoxy) is 1. The van der Waals surface area contributed by atoms with Crippen molar-refractivity contribution in [3.05, 3.63) is 35.4 Å². The van der Waals surface area contributed by atoms with Crippen LogP contribution in [0.5, 0.6) is 0 Å². The number of nitriles is 1. The molecule has 17 heavy (non-hydrogen) atoms. The molecule has 0 aliphatic carbocycles. The molecule has 1 aliphatic rings. The zero-order valence-electron chi connectivity index (χ0n) is 10.1. The van der Waals surface area contributed by atoms with Gasteiger partial charge in [0.25, 0.3) is 0 Å². The predicted molar refractivity (Wildman–Crippen MR) is 71.0 cm³/mol. The maximum Gasteiger partial charge on any atom is 0.0991 e. The second kappa shape index (κ2) is 6.09. The monoisotopic (exact) mass is 247 g/mol. The Balaban J connectivity index is 1.85. The van der Waals surface area contributed by atoms with Gasteiger partial charge in [0.15, 0.2) is 0 Å². The first kappa shape index (κ1) is 12.5. The summed E-state index contributed by atoms with van der Waals surface area (Å²) in [6, 6.07) is 10.0. The van der Waals surface area contributed by atoms with E-state index >= 15 is 0 Å². The molecule has 0 spiro atoms. The fourth-order valence-electron chi connectivity index (χ4n) is 1.95. The van der Waals surface area contributed by atoms with E-state index in [1.54, 1.807) is 0 Å². The number of thioether (sulfide) groups is 1. The van der Waals surface area contributed by atoms with Gasteiger partial charge in [-0.2, -0.15) is 17.0 Å². The number of hydrogen-bond acceptors (Lipinski definition) is 3. The zero-order chi connectivity index (χ0) is 12.1. The lowest BCUT2D eigenvalue weighted by Crippen LogP contribution is -2.09. The molecule has 0 bridgehead atoms. The van der Waals surface area contributed by atoms with Crippen molar-refractivity contribution < 1.29 is 4.74 Å².